The van der Waals surface area contributed by atoms with Crippen molar-refractivity contribution in [2.75, 3.05) is 49.5 Å². The molecule has 0 aliphatic carbocycles. The van der Waals surface area contributed by atoms with E-state index in [-0.39, 0.29) is 18.3 Å². The van der Waals surface area contributed by atoms with Gasteiger partial charge in [-0.1, -0.05) is 24.3 Å². The van der Waals surface area contributed by atoms with Crippen molar-refractivity contribution in [2.24, 2.45) is 0 Å². The Labute approximate surface area is 153 Å². The maximum atomic E-state index is 13.9. The fraction of sp³-hybridized carbons (Fsp3) is 0.350. The molecule has 1 N–H and O–H groups in total. The molecule has 2 aromatic rings. The maximum absolute atomic E-state index is 13.9. The quantitative estimate of drug-likeness (QED) is 0.863. The smallest absolute Gasteiger partial charge is 0.241 e. The summed E-state index contributed by atoms with van der Waals surface area (Å²) >= 11 is 0. The number of hydrogen-bond donors (Lipinski definition) is 1. The van der Waals surface area contributed by atoms with E-state index in [9.17, 15) is 9.18 Å². The number of benzene rings is 2. The molecule has 1 aliphatic rings. The van der Waals surface area contributed by atoms with Crippen LogP contribution in [-0.2, 0) is 4.79 Å². The third-order valence-electron chi connectivity index (χ3n) is 4.44. The van der Waals surface area contributed by atoms with Gasteiger partial charge in [-0.3, -0.25) is 4.79 Å². The van der Waals surface area contributed by atoms with Crippen LogP contribution in [0.25, 0.3) is 0 Å². The molecule has 6 heteroatoms. The van der Waals surface area contributed by atoms with E-state index in [1.54, 1.807) is 12.1 Å². The molecule has 1 saturated heterocycles. The van der Waals surface area contributed by atoms with Gasteiger partial charge in [0.05, 0.1) is 24.5 Å². The van der Waals surface area contributed by atoms with Crippen LogP contribution in [0.4, 0.5) is 15.8 Å². The third kappa shape index (κ3) is 4.25. The van der Waals surface area contributed by atoms with Gasteiger partial charge in [0.15, 0.2) is 0 Å². The van der Waals surface area contributed by atoms with Crippen LogP contribution >= 0.6 is 0 Å². The molecule has 138 valence electrons. The number of carbonyl (C=O) groups is 1. The first-order valence-electron chi connectivity index (χ1n) is 8.92. The zero-order valence-corrected chi connectivity index (χ0v) is 15.0. The number of anilines is 2. The van der Waals surface area contributed by atoms with Crippen molar-refractivity contribution in [3.8, 4) is 5.75 Å². The lowest BCUT2D eigenvalue weighted by Gasteiger charge is -2.36. The Bertz CT molecular complexity index is 745. The minimum absolute atomic E-state index is 0.0319. The average molecular weight is 357 g/mol. The molecular formula is C20H24FN3O2. The van der Waals surface area contributed by atoms with E-state index in [1.807, 2.05) is 47.1 Å². The van der Waals surface area contributed by atoms with Gasteiger partial charge >= 0.3 is 0 Å². The summed E-state index contributed by atoms with van der Waals surface area (Å²) < 4.78 is 19.5. The second kappa shape index (κ2) is 8.56. The second-order valence-corrected chi connectivity index (χ2v) is 6.10. The van der Waals surface area contributed by atoms with Crippen molar-refractivity contribution in [1.82, 2.24) is 4.90 Å². The molecule has 1 fully saturated rings. The van der Waals surface area contributed by atoms with Crippen molar-refractivity contribution in [1.29, 1.82) is 0 Å². The number of ether oxygens (including phenoxy) is 1. The van der Waals surface area contributed by atoms with E-state index in [2.05, 4.69) is 5.32 Å². The van der Waals surface area contributed by atoms with Crippen molar-refractivity contribution in [2.45, 2.75) is 6.92 Å². The van der Waals surface area contributed by atoms with Crippen molar-refractivity contribution < 1.29 is 13.9 Å². The average Bonchev–Trinajstić information content (AvgIpc) is 2.68. The molecule has 0 unspecified atom stereocenters. The summed E-state index contributed by atoms with van der Waals surface area (Å²) in [6.45, 7) is 5.14. The normalized spacial score (nSPS) is 14.2. The summed E-state index contributed by atoms with van der Waals surface area (Å²) in [5, 5.41) is 3.16. The molecule has 0 spiro atoms. The molecule has 0 aromatic heterocycles. The van der Waals surface area contributed by atoms with Crippen LogP contribution in [-0.4, -0.2) is 50.1 Å². The second-order valence-electron chi connectivity index (χ2n) is 6.10. The molecule has 0 bridgehead atoms. The topological polar surface area (TPSA) is 44.8 Å². The lowest BCUT2D eigenvalue weighted by atomic mass is 10.2. The minimum Gasteiger partial charge on any atom is -0.492 e. The Kier molecular flexibility index (Phi) is 5.94. The molecule has 5 nitrogen and oxygen atoms in total. The first-order chi connectivity index (χ1) is 12.7. The summed E-state index contributed by atoms with van der Waals surface area (Å²) in [5.74, 6) is 0.554. The summed E-state index contributed by atoms with van der Waals surface area (Å²) in [5.41, 5.74) is 1.41. The monoisotopic (exact) mass is 357 g/mol. The highest BCUT2D eigenvalue weighted by Crippen LogP contribution is 2.24. The number of halogens is 1. The lowest BCUT2D eigenvalue weighted by Crippen LogP contribution is -2.50. The highest BCUT2D eigenvalue weighted by Gasteiger charge is 2.22. The number of nitrogens with zero attached hydrogens (tertiary/aromatic N) is 2. The number of para-hydroxylation sites is 3. The maximum Gasteiger partial charge on any atom is 0.241 e. The van der Waals surface area contributed by atoms with E-state index in [0.717, 1.165) is 11.4 Å². The number of nitrogens with one attached hydrogen (secondary N) is 1. The summed E-state index contributed by atoms with van der Waals surface area (Å²) in [6, 6.07) is 14.3. The van der Waals surface area contributed by atoms with Gasteiger partial charge in [-0.15, -0.1) is 0 Å². The van der Waals surface area contributed by atoms with Crippen LogP contribution in [0, 0.1) is 5.82 Å². The van der Waals surface area contributed by atoms with Gasteiger partial charge in [0.1, 0.15) is 11.6 Å². The lowest BCUT2D eigenvalue weighted by molar-refractivity contribution is -0.129. The third-order valence-corrected chi connectivity index (χ3v) is 4.44. The molecule has 26 heavy (non-hydrogen) atoms. The fourth-order valence-electron chi connectivity index (χ4n) is 3.08. The molecule has 3 rings (SSSR count). The molecule has 1 amide bonds. The Hall–Kier alpha value is -2.76. The largest absolute Gasteiger partial charge is 0.492 e. The summed E-state index contributed by atoms with van der Waals surface area (Å²) in [4.78, 5) is 16.3. The highest BCUT2D eigenvalue weighted by molar-refractivity contribution is 5.81. The molecule has 1 aliphatic heterocycles. The van der Waals surface area contributed by atoms with E-state index in [1.165, 1.54) is 6.07 Å². The number of amides is 1. The number of piperazine rings is 1. The summed E-state index contributed by atoms with van der Waals surface area (Å²) in [7, 11) is 0. The van der Waals surface area contributed by atoms with Gasteiger partial charge < -0.3 is 19.9 Å². The van der Waals surface area contributed by atoms with Crippen molar-refractivity contribution >= 4 is 17.3 Å². The van der Waals surface area contributed by atoms with Gasteiger partial charge in [0, 0.05) is 26.2 Å². The van der Waals surface area contributed by atoms with E-state index in [0.29, 0.717) is 38.5 Å². The molecule has 0 saturated carbocycles. The SMILES string of the molecule is CCOc1ccccc1NCC(=O)N1CCN(c2ccccc2F)CC1. The van der Waals surface area contributed by atoms with Gasteiger partial charge in [0.25, 0.3) is 0 Å². The molecule has 0 radical (unpaired) electrons. The van der Waals surface area contributed by atoms with E-state index < -0.39 is 0 Å². The highest BCUT2D eigenvalue weighted by atomic mass is 19.1. The Balaban J connectivity index is 1.52. The van der Waals surface area contributed by atoms with Crippen LogP contribution in [0.3, 0.4) is 0 Å². The van der Waals surface area contributed by atoms with Gasteiger partial charge in [-0.05, 0) is 31.2 Å². The zero-order valence-electron chi connectivity index (χ0n) is 15.0. The zero-order chi connectivity index (χ0) is 18.4. The predicted octanol–water partition coefficient (Wildman–Crippen LogP) is 2.99. The first kappa shape index (κ1) is 18.0. The van der Waals surface area contributed by atoms with Crippen LogP contribution in [0.5, 0.6) is 5.75 Å². The van der Waals surface area contributed by atoms with Crippen molar-refractivity contribution in [3.63, 3.8) is 0 Å². The summed E-state index contributed by atoms with van der Waals surface area (Å²) in [6.07, 6.45) is 0. The Morgan fingerprint density at radius 1 is 1.08 bits per heavy atom. The standard InChI is InChI=1S/C20H24FN3O2/c1-2-26-19-10-6-4-8-17(19)22-15-20(25)24-13-11-23(12-14-24)18-9-5-3-7-16(18)21/h3-10,22H,2,11-15H2,1H3. The van der Waals surface area contributed by atoms with Crippen LogP contribution in [0.1, 0.15) is 6.92 Å². The van der Waals surface area contributed by atoms with Gasteiger partial charge in [-0.25, -0.2) is 4.39 Å². The van der Waals surface area contributed by atoms with Crippen LogP contribution in [0.15, 0.2) is 48.5 Å². The number of rotatable bonds is 6. The minimum atomic E-state index is -0.221. The first-order valence-corrected chi connectivity index (χ1v) is 8.92. The van der Waals surface area contributed by atoms with Crippen LogP contribution < -0.4 is 15.0 Å². The van der Waals surface area contributed by atoms with E-state index in [4.69, 9.17) is 4.74 Å². The predicted molar refractivity (Wildman–Crippen MR) is 101 cm³/mol. The number of hydrogen-bond acceptors (Lipinski definition) is 4. The fourth-order valence-corrected chi connectivity index (χ4v) is 3.08. The molecule has 2 aromatic carbocycles. The Morgan fingerprint density at radius 2 is 1.77 bits per heavy atom. The van der Waals surface area contributed by atoms with Gasteiger partial charge in [-0.2, -0.15) is 0 Å². The van der Waals surface area contributed by atoms with E-state index >= 15 is 0 Å². The van der Waals surface area contributed by atoms with Crippen molar-refractivity contribution in [3.05, 3.63) is 54.3 Å². The number of carbonyl (C=O) groups excluding carboxylic acids is 1. The molecule has 1 heterocycles. The molecule has 0 atom stereocenters. The van der Waals surface area contributed by atoms with Crippen LogP contribution in [0.2, 0.25) is 0 Å². The van der Waals surface area contributed by atoms with Gasteiger partial charge in [0.2, 0.25) is 5.91 Å². The molecular weight excluding hydrogens is 333 g/mol. The Morgan fingerprint density at radius 3 is 2.50 bits per heavy atom.